The molecule has 0 radical (unpaired) electrons. The van der Waals surface area contributed by atoms with Crippen molar-refractivity contribution in [1.82, 2.24) is 25.3 Å². The van der Waals surface area contributed by atoms with Gasteiger partial charge >= 0.3 is 0 Å². The summed E-state index contributed by atoms with van der Waals surface area (Å²) in [6.07, 6.45) is 7.31. The Morgan fingerprint density at radius 1 is 1.27 bits per heavy atom. The van der Waals surface area contributed by atoms with E-state index in [0.29, 0.717) is 5.92 Å². The third-order valence-electron chi connectivity index (χ3n) is 4.59. The largest absolute Gasteiger partial charge is 0.383 e. The highest BCUT2D eigenvalue weighted by Crippen LogP contribution is 2.17. The highest BCUT2D eigenvalue weighted by molar-refractivity contribution is 14.0. The van der Waals surface area contributed by atoms with Crippen LogP contribution in [-0.2, 0) is 11.3 Å². The highest BCUT2D eigenvalue weighted by atomic mass is 127. The zero-order chi connectivity index (χ0) is 17.7. The molecule has 0 amide bonds. The number of ether oxygens (including phenoxy) is 1. The first-order valence-electron chi connectivity index (χ1n) is 9.52. The Hall–Kier alpha value is -0.870. The molecule has 1 aromatic heterocycles. The predicted molar refractivity (Wildman–Crippen MR) is 117 cm³/mol. The Morgan fingerprint density at radius 2 is 2.08 bits per heavy atom. The van der Waals surface area contributed by atoms with Gasteiger partial charge in [-0.2, -0.15) is 5.10 Å². The zero-order valence-electron chi connectivity index (χ0n) is 16.2. The van der Waals surface area contributed by atoms with E-state index in [-0.39, 0.29) is 24.0 Å². The zero-order valence-corrected chi connectivity index (χ0v) is 18.5. The topological polar surface area (TPSA) is 66.7 Å². The smallest absolute Gasteiger partial charge is 0.191 e. The number of methoxy groups -OCH3 is 1. The van der Waals surface area contributed by atoms with Crippen LogP contribution in [0.3, 0.4) is 0 Å². The molecule has 0 atom stereocenters. The van der Waals surface area contributed by atoms with Gasteiger partial charge in [-0.05, 0) is 51.3 Å². The summed E-state index contributed by atoms with van der Waals surface area (Å²) in [7, 11) is 1.77. The lowest BCUT2D eigenvalue weighted by atomic mass is 9.97. The summed E-state index contributed by atoms with van der Waals surface area (Å²) in [4.78, 5) is 7.28. The van der Waals surface area contributed by atoms with Crippen LogP contribution in [0.25, 0.3) is 0 Å². The maximum atomic E-state index is 5.16. The monoisotopic (exact) mass is 478 g/mol. The van der Waals surface area contributed by atoms with E-state index >= 15 is 0 Å². The van der Waals surface area contributed by atoms with Crippen LogP contribution in [0.2, 0.25) is 0 Å². The number of likely N-dealkylation sites (tertiary alicyclic amines) is 1. The van der Waals surface area contributed by atoms with E-state index in [0.717, 1.165) is 64.8 Å². The number of guanidine groups is 1. The summed E-state index contributed by atoms with van der Waals surface area (Å²) in [5, 5.41) is 11.0. The van der Waals surface area contributed by atoms with Crippen LogP contribution in [-0.4, -0.2) is 73.6 Å². The summed E-state index contributed by atoms with van der Waals surface area (Å²) >= 11 is 0. The number of nitrogens with one attached hydrogen (secondary N) is 2. The predicted octanol–water partition coefficient (Wildman–Crippen LogP) is 1.80. The molecule has 1 aliphatic heterocycles. The van der Waals surface area contributed by atoms with Crippen molar-refractivity contribution in [3.05, 3.63) is 18.5 Å². The number of nitrogens with zero attached hydrogens (tertiary/aromatic N) is 4. The Balaban J connectivity index is 0.00000338. The number of halogens is 1. The Labute approximate surface area is 175 Å². The fraction of sp³-hybridized carbons (Fsp3) is 0.778. The second-order valence-electron chi connectivity index (χ2n) is 6.55. The summed E-state index contributed by atoms with van der Waals surface area (Å²) < 4.78 is 7.12. The quantitative estimate of drug-likeness (QED) is 0.233. The van der Waals surface area contributed by atoms with Gasteiger partial charge in [-0.1, -0.05) is 0 Å². The van der Waals surface area contributed by atoms with E-state index in [1.165, 1.54) is 12.8 Å². The van der Waals surface area contributed by atoms with Gasteiger partial charge in [0.2, 0.25) is 0 Å². The van der Waals surface area contributed by atoms with Gasteiger partial charge in [0, 0.05) is 52.2 Å². The van der Waals surface area contributed by atoms with Crippen LogP contribution in [0, 0.1) is 5.92 Å². The molecule has 26 heavy (non-hydrogen) atoms. The Kier molecular flexibility index (Phi) is 12.7. The van der Waals surface area contributed by atoms with Crippen molar-refractivity contribution in [3.63, 3.8) is 0 Å². The first-order valence-corrected chi connectivity index (χ1v) is 9.52. The van der Waals surface area contributed by atoms with Crippen molar-refractivity contribution in [2.75, 3.05) is 53.0 Å². The molecule has 7 nitrogen and oxygen atoms in total. The van der Waals surface area contributed by atoms with Crippen LogP contribution in [0.4, 0.5) is 0 Å². The molecule has 2 rings (SSSR count). The summed E-state index contributed by atoms with van der Waals surface area (Å²) in [5.41, 5.74) is 0. The summed E-state index contributed by atoms with van der Waals surface area (Å²) in [6.45, 7) is 9.94. The van der Waals surface area contributed by atoms with Crippen LogP contribution >= 0.6 is 24.0 Å². The fourth-order valence-corrected chi connectivity index (χ4v) is 3.06. The molecule has 1 aliphatic rings. The molecule has 0 spiro atoms. The number of aryl methyl sites for hydroxylation is 1. The van der Waals surface area contributed by atoms with Crippen LogP contribution in [0.5, 0.6) is 0 Å². The Bertz CT molecular complexity index is 474. The van der Waals surface area contributed by atoms with Crippen molar-refractivity contribution in [1.29, 1.82) is 0 Å². The average Bonchev–Trinajstić information content (AvgIpc) is 3.15. The summed E-state index contributed by atoms with van der Waals surface area (Å²) in [6, 6.07) is 1.96. The lowest BCUT2D eigenvalue weighted by Gasteiger charge is -2.31. The summed E-state index contributed by atoms with van der Waals surface area (Å²) in [5.74, 6) is 1.63. The second-order valence-corrected chi connectivity index (χ2v) is 6.55. The van der Waals surface area contributed by atoms with E-state index in [1.807, 2.05) is 23.1 Å². The molecule has 0 aliphatic carbocycles. The maximum absolute atomic E-state index is 5.16. The molecule has 0 unspecified atom stereocenters. The van der Waals surface area contributed by atoms with Crippen molar-refractivity contribution in [2.24, 2.45) is 10.9 Å². The van der Waals surface area contributed by atoms with Crippen LogP contribution < -0.4 is 10.6 Å². The molecule has 1 aromatic rings. The number of aromatic nitrogens is 2. The molecule has 0 aromatic carbocycles. The minimum absolute atomic E-state index is 0. The van der Waals surface area contributed by atoms with Crippen molar-refractivity contribution in [2.45, 2.75) is 32.7 Å². The van der Waals surface area contributed by atoms with Gasteiger partial charge in [-0.25, -0.2) is 0 Å². The number of aliphatic imine (C=N–C) groups is 1. The Morgan fingerprint density at radius 3 is 2.73 bits per heavy atom. The van der Waals surface area contributed by atoms with E-state index in [1.54, 1.807) is 7.11 Å². The van der Waals surface area contributed by atoms with Gasteiger partial charge in [0.25, 0.3) is 0 Å². The van der Waals surface area contributed by atoms with E-state index in [2.05, 4.69) is 27.6 Å². The fourth-order valence-electron chi connectivity index (χ4n) is 3.06. The third-order valence-corrected chi connectivity index (χ3v) is 4.59. The number of piperidine rings is 1. The number of hydrogen-bond donors (Lipinski definition) is 2. The minimum Gasteiger partial charge on any atom is -0.383 e. The van der Waals surface area contributed by atoms with Gasteiger partial charge < -0.3 is 20.3 Å². The first kappa shape index (κ1) is 23.2. The number of hydrogen-bond acceptors (Lipinski definition) is 4. The SMILES string of the molecule is CCNC(=NCC1CCN(CCOC)CC1)NCCCn1cccn1.I. The van der Waals surface area contributed by atoms with Gasteiger partial charge in [0.05, 0.1) is 6.61 Å². The molecule has 0 saturated carbocycles. The molecule has 150 valence electrons. The van der Waals surface area contributed by atoms with Crippen molar-refractivity contribution in [3.8, 4) is 0 Å². The first-order chi connectivity index (χ1) is 12.3. The second kappa shape index (κ2) is 14.2. The number of rotatable bonds is 10. The lowest BCUT2D eigenvalue weighted by molar-refractivity contribution is 0.121. The molecular weight excluding hydrogens is 443 g/mol. The molecular formula is C18H35IN6O. The van der Waals surface area contributed by atoms with Gasteiger partial charge in [0.15, 0.2) is 5.96 Å². The molecule has 1 fully saturated rings. The van der Waals surface area contributed by atoms with Gasteiger partial charge in [-0.15, -0.1) is 24.0 Å². The third kappa shape index (κ3) is 9.18. The lowest BCUT2D eigenvalue weighted by Crippen LogP contribution is -2.39. The standard InChI is InChI=1S/C18H34N6O.HI/c1-3-19-18(20-8-4-10-24-11-5-9-22-24)21-16-17-6-12-23(13-7-17)14-15-25-2;/h5,9,11,17H,3-4,6-8,10,12-16H2,1-2H3,(H2,19,20,21);1H. The maximum Gasteiger partial charge on any atom is 0.191 e. The van der Waals surface area contributed by atoms with Gasteiger partial charge in [0.1, 0.15) is 0 Å². The van der Waals surface area contributed by atoms with E-state index in [4.69, 9.17) is 9.73 Å². The average molecular weight is 478 g/mol. The molecule has 1 saturated heterocycles. The molecule has 2 heterocycles. The normalized spacial score (nSPS) is 16.3. The molecule has 0 bridgehead atoms. The van der Waals surface area contributed by atoms with Crippen molar-refractivity contribution >= 4 is 29.9 Å². The minimum atomic E-state index is 0. The molecule has 8 heteroatoms. The molecule has 2 N–H and O–H groups in total. The van der Waals surface area contributed by atoms with E-state index < -0.39 is 0 Å². The highest BCUT2D eigenvalue weighted by Gasteiger charge is 2.18. The van der Waals surface area contributed by atoms with Crippen LogP contribution in [0.1, 0.15) is 26.2 Å². The van der Waals surface area contributed by atoms with Gasteiger partial charge in [-0.3, -0.25) is 9.67 Å². The van der Waals surface area contributed by atoms with Crippen LogP contribution in [0.15, 0.2) is 23.5 Å². The van der Waals surface area contributed by atoms with Crippen molar-refractivity contribution < 1.29 is 4.74 Å². The van der Waals surface area contributed by atoms with E-state index in [9.17, 15) is 0 Å².